The molecule has 0 atom stereocenters. The molecule has 1 aromatic carbocycles. The largest absolute Gasteiger partial charge is 0.465 e. The lowest BCUT2D eigenvalue weighted by molar-refractivity contribution is -0.145. The second kappa shape index (κ2) is 11.9. The van der Waals surface area contributed by atoms with E-state index in [9.17, 15) is 18.0 Å². The van der Waals surface area contributed by atoms with Crippen LogP contribution in [0.4, 0.5) is 0 Å². The van der Waals surface area contributed by atoms with Crippen LogP contribution < -0.4 is 0 Å². The zero-order valence-electron chi connectivity index (χ0n) is 19.6. The smallest absolute Gasteiger partial charge is 0.320 e. The summed E-state index contributed by atoms with van der Waals surface area (Å²) in [6.45, 7) is 4.04. The molecule has 9 nitrogen and oxygen atoms in total. The highest BCUT2D eigenvalue weighted by atomic mass is 32.2. The Labute approximate surface area is 196 Å². The van der Waals surface area contributed by atoms with Gasteiger partial charge in [-0.2, -0.15) is 4.31 Å². The van der Waals surface area contributed by atoms with Gasteiger partial charge < -0.3 is 14.4 Å². The van der Waals surface area contributed by atoms with Gasteiger partial charge in [-0.05, 0) is 55.9 Å². The quantitative estimate of drug-likeness (QED) is 0.458. The molecule has 1 fully saturated rings. The Morgan fingerprint density at radius 1 is 1.03 bits per heavy atom. The van der Waals surface area contributed by atoms with Gasteiger partial charge in [-0.1, -0.05) is 6.07 Å². The summed E-state index contributed by atoms with van der Waals surface area (Å²) in [4.78, 5) is 28.4. The third-order valence-electron chi connectivity index (χ3n) is 6.18. The Kier molecular flexibility index (Phi) is 9.25. The third-order valence-corrected chi connectivity index (χ3v) is 8.07. The highest BCUT2D eigenvalue weighted by Crippen LogP contribution is 2.26. The zero-order valence-corrected chi connectivity index (χ0v) is 20.4. The maximum Gasteiger partial charge on any atom is 0.320 e. The van der Waals surface area contributed by atoms with Gasteiger partial charge >= 0.3 is 5.97 Å². The molecular formula is C23H35N3O6S. The second-order valence-electron chi connectivity index (χ2n) is 8.43. The number of ether oxygens (including phenoxy) is 2. The number of piperazine rings is 1. The molecule has 1 aliphatic carbocycles. The number of amides is 1. The van der Waals surface area contributed by atoms with E-state index in [1.807, 2.05) is 12.1 Å². The Morgan fingerprint density at radius 3 is 2.39 bits per heavy atom. The minimum Gasteiger partial charge on any atom is -0.465 e. The SMILES string of the molecule is CCOC(=O)CN(CCOC)CC(=O)N1CCN(S(=O)(=O)c2ccc3c(c2)CCCC3)CC1. The number of fused-ring (bicyclic) bond motifs is 1. The van der Waals surface area contributed by atoms with E-state index in [2.05, 4.69) is 0 Å². The highest BCUT2D eigenvalue weighted by Gasteiger charge is 2.31. The lowest BCUT2D eigenvalue weighted by atomic mass is 9.92. The van der Waals surface area contributed by atoms with Crippen molar-refractivity contribution in [1.29, 1.82) is 0 Å². The number of benzene rings is 1. The van der Waals surface area contributed by atoms with Gasteiger partial charge in [0.05, 0.1) is 31.2 Å². The summed E-state index contributed by atoms with van der Waals surface area (Å²) >= 11 is 0. The molecule has 0 N–H and O–H groups in total. The predicted octanol–water partition coefficient (Wildman–Crippen LogP) is 0.910. The van der Waals surface area contributed by atoms with Crippen LogP contribution in [0.15, 0.2) is 23.1 Å². The maximum absolute atomic E-state index is 13.2. The Bertz CT molecular complexity index is 928. The van der Waals surface area contributed by atoms with Gasteiger partial charge in [-0.3, -0.25) is 14.5 Å². The van der Waals surface area contributed by atoms with Crippen LogP contribution in [0.25, 0.3) is 0 Å². The van der Waals surface area contributed by atoms with Crippen LogP contribution >= 0.6 is 0 Å². The minimum atomic E-state index is -3.59. The molecule has 0 aromatic heterocycles. The van der Waals surface area contributed by atoms with Crippen LogP contribution in [0.2, 0.25) is 0 Å². The molecule has 10 heteroatoms. The fourth-order valence-electron chi connectivity index (χ4n) is 4.31. The van der Waals surface area contributed by atoms with Gasteiger partial charge in [0.1, 0.15) is 0 Å². The Hall–Kier alpha value is -2.01. The van der Waals surface area contributed by atoms with E-state index in [0.717, 1.165) is 31.2 Å². The molecule has 0 radical (unpaired) electrons. The number of aryl methyl sites for hydroxylation is 2. The van der Waals surface area contributed by atoms with Crippen LogP contribution in [-0.2, 0) is 41.9 Å². The number of carbonyl (C=O) groups excluding carboxylic acids is 2. The lowest BCUT2D eigenvalue weighted by Crippen LogP contribution is -2.53. The number of rotatable bonds is 10. The molecule has 2 aliphatic rings. The number of sulfonamides is 1. The first-order valence-corrected chi connectivity index (χ1v) is 13.1. The second-order valence-corrected chi connectivity index (χ2v) is 10.4. The van der Waals surface area contributed by atoms with E-state index < -0.39 is 10.0 Å². The average Bonchev–Trinajstić information content (AvgIpc) is 2.82. The molecular weight excluding hydrogens is 446 g/mol. The molecule has 184 valence electrons. The number of hydrogen-bond donors (Lipinski definition) is 0. The van der Waals surface area contributed by atoms with Gasteiger partial charge in [0.25, 0.3) is 0 Å². The molecule has 0 unspecified atom stereocenters. The van der Waals surface area contributed by atoms with E-state index in [-0.39, 0.29) is 44.7 Å². The summed E-state index contributed by atoms with van der Waals surface area (Å²) in [5.74, 6) is -0.524. The first kappa shape index (κ1) is 25.6. The molecule has 1 amide bonds. The molecule has 0 saturated carbocycles. The highest BCUT2D eigenvalue weighted by molar-refractivity contribution is 7.89. The maximum atomic E-state index is 13.2. The van der Waals surface area contributed by atoms with Crippen molar-refractivity contribution in [3.05, 3.63) is 29.3 Å². The fraction of sp³-hybridized carbons (Fsp3) is 0.652. The number of nitrogens with zero attached hydrogens (tertiary/aromatic N) is 3. The van der Waals surface area contributed by atoms with E-state index >= 15 is 0 Å². The van der Waals surface area contributed by atoms with Crippen molar-refractivity contribution in [2.75, 3.05) is 66.1 Å². The van der Waals surface area contributed by atoms with E-state index in [1.165, 1.54) is 9.87 Å². The first-order valence-electron chi connectivity index (χ1n) is 11.6. The topological polar surface area (TPSA) is 96.5 Å². The summed E-state index contributed by atoms with van der Waals surface area (Å²) in [5.41, 5.74) is 2.38. The van der Waals surface area contributed by atoms with Gasteiger partial charge in [0.15, 0.2) is 0 Å². The van der Waals surface area contributed by atoms with Crippen molar-refractivity contribution in [3.8, 4) is 0 Å². The number of esters is 1. The molecule has 1 aliphatic heterocycles. The molecule has 1 saturated heterocycles. The first-order chi connectivity index (χ1) is 15.8. The molecule has 1 heterocycles. The van der Waals surface area contributed by atoms with Gasteiger partial charge in [0, 0.05) is 39.8 Å². The average molecular weight is 482 g/mol. The third kappa shape index (κ3) is 6.75. The van der Waals surface area contributed by atoms with Crippen LogP contribution in [0.1, 0.15) is 30.9 Å². The predicted molar refractivity (Wildman–Crippen MR) is 123 cm³/mol. The van der Waals surface area contributed by atoms with Crippen LogP contribution in [0.3, 0.4) is 0 Å². The van der Waals surface area contributed by atoms with Crippen molar-refractivity contribution in [3.63, 3.8) is 0 Å². The number of carbonyl (C=O) groups is 2. The summed E-state index contributed by atoms with van der Waals surface area (Å²) in [6, 6.07) is 5.48. The van der Waals surface area contributed by atoms with Gasteiger partial charge in [-0.25, -0.2) is 8.42 Å². The lowest BCUT2D eigenvalue weighted by Gasteiger charge is -2.35. The summed E-state index contributed by atoms with van der Waals surface area (Å²) in [7, 11) is -2.03. The number of methoxy groups -OCH3 is 1. The molecule has 3 rings (SSSR count). The van der Waals surface area contributed by atoms with Crippen molar-refractivity contribution < 1.29 is 27.5 Å². The standard InChI is InChI=1S/C23H35N3O6S/c1-3-32-23(28)18-24(14-15-31-2)17-22(27)25-10-12-26(13-11-25)33(29,30)21-9-8-19-6-4-5-7-20(19)16-21/h8-9,16H,3-7,10-15,17-18H2,1-2H3. The summed E-state index contributed by atoms with van der Waals surface area (Å²) < 4.78 is 37.9. The zero-order chi connectivity index (χ0) is 23.8. The molecule has 33 heavy (non-hydrogen) atoms. The summed E-state index contributed by atoms with van der Waals surface area (Å²) in [5, 5.41) is 0. The van der Waals surface area contributed by atoms with Gasteiger partial charge in [-0.15, -0.1) is 0 Å². The van der Waals surface area contributed by atoms with Crippen LogP contribution in [-0.4, -0.2) is 101 Å². The molecule has 0 spiro atoms. The van der Waals surface area contributed by atoms with E-state index in [1.54, 1.807) is 29.9 Å². The van der Waals surface area contributed by atoms with Crippen molar-refractivity contribution in [2.24, 2.45) is 0 Å². The summed E-state index contributed by atoms with van der Waals surface area (Å²) in [6.07, 6.45) is 4.17. The molecule has 0 bridgehead atoms. The van der Waals surface area contributed by atoms with E-state index in [4.69, 9.17) is 9.47 Å². The van der Waals surface area contributed by atoms with E-state index in [0.29, 0.717) is 31.1 Å². The Balaban J connectivity index is 1.57. The number of hydrogen-bond acceptors (Lipinski definition) is 7. The van der Waals surface area contributed by atoms with Crippen LogP contribution in [0, 0.1) is 0 Å². The monoisotopic (exact) mass is 481 g/mol. The fourth-order valence-corrected chi connectivity index (χ4v) is 5.79. The normalized spacial score (nSPS) is 17.1. The molecule has 1 aromatic rings. The Morgan fingerprint density at radius 2 is 1.73 bits per heavy atom. The van der Waals surface area contributed by atoms with Crippen molar-refractivity contribution in [1.82, 2.24) is 14.1 Å². The van der Waals surface area contributed by atoms with Gasteiger partial charge in [0.2, 0.25) is 15.9 Å². The minimum absolute atomic E-state index is 0.00954. The van der Waals surface area contributed by atoms with Crippen molar-refractivity contribution >= 4 is 21.9 Å². The van der Waals surface area contributed by atoms with Crippen molar-refractivity contribution in [2.45, 2.75) is 37.5 Å². The van der Waals surface area contributed by atoms with Crippen LogP contribution in [0.5, 0.6) is 0 Å².